The maximum Gasteiger partial charge on any atom is 0.328 e. The minimum Gasteiger partial charge on any atom is -0.394 e. The predicted molar refractivity (Wildman–Crippen MR) is 56.4 cm³/mol. The van der Waals surface area contributed by atoms with Crippen LogP contribution in [0.4, 0.5) is 4.79 Å². The van der Waals surface area contributed by atoms with Crippen LogP contribution in [0.1, 0.15) is 0 Å². The molecule has 2 aliphatic rings. The molecule has 1 fully saturated rings. The van der Waals surface area contributed by atoms with Crippen LogP contribution in [0.2, 0.25) is 0 Å². The van der Waals surface area contributed by atoms with E-state index >= 15 is 0 Å². The lowest BCUT2D eigenvalue weighted by Crippen LogP contribution is -2.49. The average Bonchev–Trinajstić information content (AvgIpc) is 2.57. The summed E-state index contributed by atoms with van der Waals surface area (Å²) in [6, 6.07) is -0.507. The summed E-state index contributed by atoms with van der Waals surface area (Å²) >= 11 is 0. The molecule has 0 spiro atoms. The highest BCUT2D eigenvalue weighted by atomic mass is 16.6. The number of carbonyl (C=O) groups is 1. The molecule has 0 radical (unpaired) electrons. The van der Waals surface area contributed by atoms with Crippen molar-refractivity contribution < 1.29 is 24.9 Å². The average molecular weight is 242 g/mol. The molecular weight excluding hydrogens is 228 g/mol. The summed E-state index contributed by atoms with van der Waals surface area (Å²) in [5.41, 5.74) is 0.429. The molecule has 0 saturated carbocycles. The third-order valence-electron chi connectivity index (χ3n) is 2.73. The first-order valence-corrected chi connectivity index (χ1v) is 5.13. The number of aliphatic hydroxyl groups excluding tert-OH is 3. The van der Waals surface area contributed by atoms with Crippen molar-refractivity contribution in [3.63, 3.8) is 0 Å². The molecule has 0 aromatic heterocycles. The van der Waals surface area contributed by atoms with Gasteiger partial charge in [-0.1, -0.05) is 6.58 Å². The molecule has 7 heteroatoms. The van der Waals surface area contributed by atoms with E-state index < -0.39 is 37.2 Å². The standard InChI is InChI=1S/C10H14N2O5/c1-5-2-3-12(10(16)11-5)9-8(15)7(14)6(4-13)17-9/h2-3,6-9,13-15H,1,4H2,(H,11,16)/t6-,7-,8-,9-/m1/s1. The zero-order chi connectivity index (χ0) is 12.6. The van der Waals surface area contributed by atoms with Crippen molar-refractivity contribution in [2.45, 2.75) is 24.5 Å². The number of aliphatic hydroxyl groups is 3. The maximum atomic E-state index is 11.6. The summed E-state index contributed by atoms with van der Waals surface area (Å²) in [7, 11) is 0. The molecule has 4 atom stereocenters. The molecule has 2 heterocycles. The van der Waals surface area contributed by atoms with E-state index in [0.717, 1.165) is 4.90 Å². The Morgan fingerprint density at radius 2 is 2.18 bits per heavy atom. The van der Waals surface area contributed by atoms with Gasteiger partial charge in [0, 0.05) is 11.9 Å². The van der Waals surface area contributed by atoms with Crippen LogP contribution in [0.25, 0.3) is 0 Å². The van der Waals surface area contributed by atoms with Crippen molar-refractivity contribution in [3.05, 3.63) is 24.6 Å². The highest BCUT2D eigenvalue weighted by Crippen LogP contribution is 2.25. The Hall–Kier alpha value is -1.41. The molecule has 4 N–H and O–H groups in total. The second kappa shape index (κ2) is 4.46. The van der Waals surface area contributed by atoms with Gasteiger partial charge in [-0.25, -0.2) is 4.79 Å². The fraction of sp³-hybridized carbons (Fsp3) is 0.500. The number of allylic oxidation sites excluding steroid dienone is 1. The smallest absolute Gasteiger partial charge is 0.328 e. The minimum absolute atomic E-state index is 0.429. The lowest BCUT2D eigenvalue weighted by molar-refractivity contribution is -0.0652. The number of nitrogens with zero attached hydrogens (tertiary/aromatic N) is 1. The van der Waals surface area contributed by atoms with E-state index in [0.29, 0.717) is 5.70 Å². The van der Waals surface area contributed by atoms with E-state index in [9.17, 15) is 15.0 Å². The van der Waals surface area contributed by atoms with Crippen molar-refractivity contribution in [2.75, 3.05) is 6.61 Å². The van der Waals surface area contributed by atoms with Crippen LogP contribution >= 0.6 is 0 Å². The van der Waals surface area contributed by atoms with Gasteiger partial charge in [0.05, 0.1) is 6.61 Å². The number of nitrogens with one attached hydrogen (secondary N) is 1. The second-order valence-corrected chi connectivity index (χ2v) is 3.91. The molecule has 0 aromatic rings. The Balaban J connectivity index is 2.16. The quantitative estimate of drug-likeness (QED) is 0.471. The van der Waals surface area contributed by atoms with E-state index in [1.54, 1.807) is 0 Å². The van der Waals surface area contributed by atoms with Crippen molar-refractivity contribution in [3.8, 4) is 0 Å². The Kier molecular flexibility index (Phi) is 3.16. The summed E-state index contributed by atoms with van der Waals surface area (Å²) < 4.78 is 5.21. The Bertz CT molecular complexity index is 370. The topological polar surface area (TPSA) is 102 Å². The van der Waals surface area contributed by atoms with Crippen LogP contribution < -0.4 is 5.32 Å². The summed E-state index contributed by atoms with van der Waals surface area (Å²) in [6.07, 6.45) is -1.48. The molecule has 7 nitrogen and oxygen atoms in total. The number of carbonyl (C=O) groups excluding carboxylic acids is 1. The number of rotatable bonds is 2. The molecular formula is C10H14N2O5. The van der Waals surface area contributed by atoms with Crippen LogP contribution in [0.15, 0.2) is 24.6 Å². The van der Waals surface area contributed by atoms with Gasteiger partial charge in [0.25, 0.3) is 0 Å². The molecule has 0 bridgehead atoms. The molecule has 2 aliphatic heterocycles. The molecule has 2 rings (SSSR count). The van der Waals surface area contributed by atoms with Gasteiger partial charge < -0.3 is 25.4 Å². The Morgan fingerprint density at radius 1 is 1.47 bits per heavy atom. The van der Waals surface area contributed by atoms with Crippen molar-refractivity contribution >= 4 is 6.03 Å². The van der Waals surface area contributed by atoms with Gasteiger partial charge in [0.1, 0.15) is 18.3 Å². The van der Waals surface area contributed by atoms with Gasteiger partial charge >= 0.3 is 6.03 Å². The number of ether oxygens (including phenoxy) is 1. The minimum atomic E-state index is -1.27. The largest absolute Gasteiger partial charge is 0.394 e. The first kappa shape index (κ1) is 12.1. The number of hydrogen-bond donors (Lipinski definition) is 4. The van der Waals surface area contributed by atoms with E-state index in [2.05, 4.69) is 11.9 Å². The molecule has 0 aliphatic carbocycles. The molecule has 1 saturated heterocycles. The van der Waals surface area contributed by atoms with Gasteiger partial charge in [-0.2, -0.15) is 0 Å². The fourth-order valence-corrected chi connectivity index (χ4v) is 1.79. The Labute approximate surface area is 97.6 Å². The van der Waals surface area contributed by atoms with Gasteiger partial charge in [0.15, 0.2) is 6.23 Å². The van der Waals surface area contributed by atoms with E-state index in [1.807, 2.05) is 0 Å². The lowest BCUT2D eigenvalue weighted by Gasteiger charge is -2.29. The van der Waals surface area contributed by atoms with Crippen molar-refractivity contribution in [1.82, 2.24) is 10.2 Å². The third-order valence-corrected chi connectivity index (χ3v) is 2.73. The predicted octanol–water partition coefficient (Wildman–Crippen LogP) is -1.52. The summed E-state index contributed by atoms with van der Waals surface area (Å²) in [6.45, 7) is 3.12. The number of urea groups is 1. The van der Waals surface area contributed by atoms with Crippen LogP contribution in [0.5, 0.6) is 0 Å². The van der Waals surface area contributed by atoms with E-state index in [-0.39, 0.29) is 0 Å². The highest BCUT2D eigenvalue weighted by Gasteiger charge is 2.46. The summed E-state index contributed by atoms with van der Waals surface area (Å²) in [5, 5.41) is 30.7. The second-order valence-electron chi connectivity index (χ2n) is 3.91. The first-order valence-electron chi connectivity index (χ1n) is 5.13. The van der Waals surface area contributed by atoms with Crippen molar-refractivity contribution in [1.29, 1.82) is 0 Å². The molecule has 17 heavy (non-hydrogen) atoms. The van der Waals surface area contributed by atoms with Gasteiger partial charge in [-0.15, -0.1) is 0 Å². The van der Waals surface area contributed by atoms with Crippen molar-refractivity contribution in [2.24, 2.45) is 0 Å². The highest BCUT2D eigenvalue weighted by molar-refractivity contribution is 5.79. The lowest BCUT2D eigenvalue weighted by atomic mass is 10.1. The normalized spacial score (nSPS) is 37.5. The number of amides is 2. The van der Waals surface area contributed by atoms with Gasteiger partial charge in [-0.3, -0.25) is 4.90 Å². The van der Waals surface area contributed by atoms with Crippen LogP contribution in [-0.2, 0) is 4.74 Å². The number of hydrogen-bond acceptors (Lipinski definition) is 5. The third kappa shape index (κ3) is 2.05. The summed E-state index contributed by atoms with van der Waals surface area (Å²) in [5.74, 6) is 0. The monoisotopic (exact) mass is 242 g/mol. The molecule has 94 valence electrons. The van der Waals surface area contributed by atoms with Crippen LogP contribution in [0.3, 0.4) is 0 Å². The molecule has 0 aromatic carbocycles. The van der Waals surface area contributed by atoms with E-state index in [4.69, 9.17) is 9.84 Å². The van der Waals surface area contributed by atoms with Crippen LogP contribution in [0, 0.1) is 0 Å². The maximum absolute atomic E-state index is 11.6. The summed E-state index contributed by atoms with van der Waals surface area (Å²) in [4.78, 5) is 12.7. The first-order chi connectivity index (χ1) is 8.04. The zero-order valence-corrected chi connectivity index (χ0v) is 8.98. The van der Waals surface area contributed by atoms with Gasteiger partial charge in [-0.05, 0) is 6.08 Å². The van der Waals surface area contributed by atoms with Crippen LogP contribution in [-0.4, -0.2) is 57.4 Å². The molecule has 2 amide bonds. The molecule has 0 unspecified atom stereocenters. The SMILES string of the molecule is C=C1C=CN([C@@H]2O[C@H](CO)[C@@H](O)[C@H]2O)C(=O)N1. The zero-order valence-electron chi connectivity index (χ0n) is 8.98. The Morgan fingerprint density at radius 3 is 2.71 bits per heavy atom. The van der Waals surface area contributed by atoms with Gasteiger partial charge in [0.2, 0.25) is 0 Å². The van der Waals surface area contributed by atoms with E-state index in [1.165, 1.54) is 12.3 Å². The fourth-order valence-electron chi connectivity index (χ4n) is 1.79.